The van der Waals surface area contributed by atoms with Crippen LogP contribution in [0.25, 0.3) is 21.9 Å². The van der Waals surface area contributed by atoms with Gasteiger partial charge in [0.15, 0.2) is 0 Å². The van der Waals surface area contributed by atoms with E-state index in [0.717, 1.165) is 0 Å². The lowest BCUT2D eigenvalue weighted by molar-refractivity contribution is -0.138. The maximum absolute atomic E-state index is 12.6. The van der Waals surface area contributed by atoms with E-state index >= 15 is 0 Å². The third-order valence-electron chi connectivity index (χ3n) is 3.56. The number of aliphatic carboxylic acids is 1. The van der Waals surface area contributed by atoms with Crippen molar-refractivity contribution in [3.05, 3.63) is 52.2 Å². The Hall–Kier alpha value is -2.31. The highest BCUT2D eigenvalue weighted by molar-refractivity contribution is 7.80. The highest BCUT2D eigenvalue weighted by Crippen LogP contribution is 2.27. The van der Waals surface area contributed by atoms with Gasteiger partial charge in [0.1, 0.15) is 17.2 Å². The monoisotopic (exact) mass is 315 g/mol. The van der Waals surface area contributed by atoms with Gasteiger partial charge in [-0.3, -0.25) is 9.59 Å². The van der Waals surface area contributed by atoms with Crippen LogP contribution in [0.4, 0.5) is 0 Å². The first kappa shape index (κ1) is 14.6. The van der Waals surface area contributed by atoms with E-state index in [9.17, 15) is 9.59 Å². The van der Waals surface area contributed by atoms with Crippen molar-refractivity contribution in [2.75, 3.05) is 0 Å². The van der Waals surface area contributed by atoms with Gasteiger partial charge in [0.2, 0.25) is 5.43 Å². The molecule has 3 N–H and O–H groups in total. The molecule has 0 aliphatic carbocycles. The molecule has 0 bridgehead atoms. The van der Waals surface area contributed by atoms with Gasteiger partial charge in [0, 0.05) is 4.90 Å². The molecule has 1 heterocycles. The average molecular weight is 315 g/mol. The van der Waals surface area contributed by atoms with E-state index in [1.165, 1.54) is 0 Å². The molecule has 6 heteroatoms. The minimum absolute atomic E-state index is 0.0936. The molecule has 0 aliphatic rings. The maximum Gasteiger partial charge on any atom is 0.320 e. The van der Waals surface area contributed by atoms with Gasteiger partial charge in [0.05, 0.1) is 10.8 Å². The maximum atomic E-state index is 12.6. The fourth-order valence-corrected chi connectivity index (χ4v) is 2.78. The number of hydrogen-bond donors (Lipinski definition) is 3. The first-order valence-electron chi connectivity index (χ1n) is 6.64. The molecule has 22 heavy (non-hydrogen) atoms. The molecule has 0 saturated heterocycles. The predicted octanol–water partition coefficient (Wildman–Crippen LogP) is 2.19. The summed E-state index contributed by atoms with van der Waals surface area (Å²) >= 11 is 4.39. The summed E-state index contributed by atoms with van der Waals surface area (Å²) in [6.45, 7) is 0. The Balaban J connectivity index is 2.26. The Labute approximate surface area is 130 Å². The van der Waals surface area contributed by atoms with Crippen LogP contribution >= 0.6 is 12.6 Å². The zero-order chi connectivity index (χ0) is 15.9. The van der Waals surface area contributed by atoms with Crippen LogP contribution in [0.1, 0.15) is 5.56 Å². The molecule has 0 spiro atoms. The van der Waals surface area contributed by atoms with Crippen LogP contribution in [0.2, 0.25) is 0 Å². The average Bonchev–Trinajstić information content (AvgIpc) is 2.50. The van der Waals surface area contributed by atoms with Crippen molar-refractivity contribution in [3.8, 4) is 0 Å². The topological polar surface area (TPSA) is 93.5 Å². The Morgan fingerprint density at radius 1 is 1.23 bits per heavy atom. The van der Waals surface area contributed by atoms with Crippen molar-refractivity contribution in [1.82, 2.24) is 0 Å². The van der Waals surface area contributed by atoms with E-state index in [2.05, 4.69) is 12.6 Å². The van der Waals surface area contributed by atoms with E-state index in [0.29, 0.717) is 32.4 Å². The summed E-state index contributed by atoms with van der Waals surface area (Å²) in [6, 6.07) is 9.24. The van der Waals surface area contributed by atoms with E-state index in [1.54, 1.807) is 36.4 Å². The second-order valence-corrected chi connectivity index (χ2v) is 5.47. The second-order valence-electron chi connectivity index (χ2n) is 5.02. The molecule has 1 unspecified atom stereocenters. The van der Waals surface area contributed by atoms with Gasteiger partial charge in [-0.2, -0.15) is 0 Å². The molecule has 1 aromatic heterocycles. The largest absolute Gasteiger partial charge is 0.480 e. The lowest BCUT2D eigenvalue weighted by atomic mass is 10.0. The molecule has 3 aromatic rings. The van der Waals surface area contributed by atoms with Crippen LogP contribution in [-0.2, 0) is 11.2 Å². The normalized spacial score (nSPS) is 12.6. The number of hydrogen-bond acceptors (Lipinski definition) is 5. The Morgan fingerprint density at radius 2 is 1.95 bits per heavy atom. The van der Waals surface area contributed by atoms with Gasteiger partial charge in [0.25, 0.3) is 0 Å². The Bertz CT molecular complexity index is 948. The van der Waals surface area contributed by atoms with E-state index < -0.39 is 12.0 Å². The SMILES string of the molecule is NC(Cc1ccc2oc3ccccc3c(=O)c2c1S)C(=O)O. The quantitative estimate of drug-likeness (QED) is 0.509. The van der Waals surface area contributed by atoms with Gasteiger partial charge >= 0.3 is 5.97 Å². The number of nitrogens with two attached hydrogens (primary N) is 1. The fourth-order valence-electron chi connectivity index (χ4n) is 2.41. The van der Waals surface area contributed by atoms with Crippen LogP contribution in [0.15, 0.2) is 50.5 Å². The van der Waals surface area contributed by atoms with Crippen LogP contribution < -0.4 is 11.2 Å². The lowest BCUT2D eigenvalue weighted by Crippen LogP contribution is -2.32. The van der Waals surface area contributed by atoms with Crippen molar-refractivity contribution >= 4 is 40.5 Å². The summed E-state index contributed by atoms with van der Waals surface area (Å²) in [4.78, 5) is 23.9. The standard InChI is InChI=1S/C16H13NO4S/c17-10(16(19)20)7-8-5-6-12-13(15(8)22)14(18)9-3-1-2-4-11(9)21-12/h1-6,10,22H,7,17H2,(H,19,20). The van der Waals surface area contributed by atoms with Gasteiger partial charge in [-0.25, -0.2) is 0 Å². The van der Waals surface area contributed by atoms with Gasteiger partial charge < -0.3 is 15.3 Å². The first-order valence-corrected chi connectivity index (χ1v) is 7.08. The molecule has 0 radical (unpaired) electrons. The van der Waals surface area contributed by atoms with Gasteiger partial charge in [-0.05, 0) is 30.2 Å². The molecule has 0 saturated carbocycles. The predicted molar refractivity (Wildman–Crippen MR) is 86.6 cm³/mol. The fraction of sp³-hybridized carbons (Fsp3) is 0.125. The van der Waals surface area contributed by atoms with Crippen LogP contribution in [0.5, 0.6) is 0 Å². The second kappa shape index (κ2) is 5.47. The van der Waals surface area contributed by atoms with Crippen molar-refractivity contribution in [3.63, 3.8) is 0 Å². The number of fused-ring (bicyclic) bond motifs is 2. The minimum Gasteiger partial charge on any atom is -0.480 e. The van der Waals surface area contributed by atoms with Gasteiger partial charge in [-0.15, -0.1) is 12.6 Å². The molecule has 2 aromatic carbocycles. The summed E-state index contributed by atoms with van der Waals surface area (Å²) in [5.74, 6) is -1.10. The summed E-state index contributed by atoms with van der Waals surface area (Å²) in [7, 11) is 0. The van der Waals surface area contributed by atoms with Gasteiger partial charge in [-0.1, -0.05) is 18.2 Å². The number of carboxylic acids is 1. The van der Waals surface area contributed by atoms with E-state index in [1.807, 2.05) is 0 Å². The number of carbonyl (C=O) groups is 1. The van der Waals surface area contributed by atoms with E-state index in [-0.39, 0.29) is 11.8 Å². The van der Waals surface area contributed by atoms with Crippen LogP contribution in [0, 0.1) is 0 Å². The molecule has 0 amide bonds. The smallest absolute Gasteiger partial charge is 0.320 e. The molecule has 112 valence electrons. The summed E-state index contributed by atoms with van der Waals surface area (Å²) in [6.07, 6.45) is 0.0936. The van der Waals surface area contributed by atoms with Crippen molar-refractivity contribution < 1.29 is 14.3 Å². The molecule has 5 nitrogen and oxygen atoms in total. The number of thiol groups is 1. The molecule has 0 aliphatic heterocycles. The van der Waals surface area contributed by atoms with Crippen LogP contribution in [-0.4, -0.2) is 17.1 Å². The molecular formula is C16H13NO4S. The third kappa shape index (κ3) is 2.36. The molecule has 0 fully saturated rings. The summed E-state index contributed by atoms with van der Waals surface area (Å²) < 4.78 is 5.72. The lowest BCUT2D eigenvalue weighted by Gasteiger charge is -2.11. The number of para-hydroxylation sites is 1. The highest BCUT2D eigenvalue weighted by Gasteiger charge is 2.17. The third-order valence-corrected chi connectivity index (χ3v) is 4.07. The zero-order valence-electron chi connectivity index (χ0n) is 11.4. The Kier molecular flexibility index (Phi) is 3.64. The minimum atomic E-state index is -1.10. The highest BCUT2D eigenvalue weighted by atomic mass is 32.1. The summed E-state index contributed by atoms with van der Waals surface area (Å²) in [5, 5.41) is 9.72. The Morgan fingerprint density at radius 3 is 2.68 bits per heavy atom. The molecule has 1 atom stereocenters. The number of benzene rings is 2. The summed E-state index contributed by atoms with van der Waals surface area (Å²) in [5.41, 5.74) is 6.89. The van der Waals surface area contributed by atoms with E-state index in [4.69, 9.17) is 15.3 Å². The molecule has 3 rings (SSSR count). The van der Waals surface area contributed by atoms with Crippen molar-refractivity contribution in [2.24, 2.45) is 5.73 Å². The van der Waals surface area contributed by atoms with Crippen molar-refractivity contribution in [1.29, 1.82) is 0 Å². The first-order chi connectivity index (χ1) is 10.5. The van der Waals surface area contributed by atoms with Crippen molar-refractivity contribution in [2.45, 2.75) is 17.4 Å². The zero-order valence-corrected chi connectivity index (χ0v) is 12.3. The van der Waals surface area contributed by atoms with Crippen LogP contribution in [0.3, 0.4) is 0 Å². The molecular weight excluding hydrogens is 302 g/mol. The number of rotatable bonds is 3. The number of carboxylic acid groups (broad SMARTS) is 1.